The molecule has 2 aromatic rings. The van der Waals surface area contributed by atoms with E-state index in [-0.39, 0.29) is 0 Å². The number of aromatic nitrogens is 3. The van der Waals surface area contributed by atoms with Crippen molar-refractivity contribution < 1.29 is 5.11 Å². The van der Waals surface area contributed by atoms with Crippen LogP contribution < -0.4 is 0 Å². The summed E-state index contributed by atoms with van der Waals surface area (Å²) in [5, 5.41) is 9.36. The molecule has 1 atom stereocenters. The highest BCUT2D eigenvalue weighted by molar-refractivity contribution is 5.33. The van der Waals surface area contributed by atoms with Gasteiger partial charge < -0.3 is 9.67 Å². The van der Waals surface area contributed by atoms with Crippen LogP contribution in [-0.4, -0.2) is 19.6 Å². The van der Waals surface area contributed by atoms with Crippen molar-refractivity contribution in [3.63, 3.8) is 0 Å². The molecule has 0 bridgehead atoms. The van der Waals surface area contributed by atoms with Crippen molar-refractivity contribution in [2.45, 2.75) is 26.9 Å². The van der Waals surface area contributed by atoms with Crippen molar-refractivity contribution in [1.82, 2.24) is 14.5 Å². The SMILES string of the molecule is Cc1ncn(-c2ccc([C@H](C)O)nc2)c1C. The molecule has 0 radical (unpaired) electrons. The van der Waals surface area contributed by atoms with E-state index in [1.807, 2.05) is 30.5 Å². The van der Waals surface area contributed by atoms with E-state index >= 15 is 0 Å². The predicted octanol–water partition coefficient (Wildman–Crippen LogP) is 1.94. The van der Waals surface area contributed by atoms with E-state index in [1.165, 1.54) is 0 Å². The quantitative estimate of drug-likeness (QED) is 0.836. The molecule has 2 aromatic heterocycles. The van der Waals surface area contributed by atoms with E-state index in [1.54, 1.807) is 19.4 Å². The summed E-state index contributed by atoms with van der Waals surface area (Å²) in [5.41, 5.74) is 3.76. The molecule has 0 aliphatic rings. The second kappa shape index (κ2) is 4.06. The van der Waals surface area contributed by atoms with E-state index < -0.39 is 6.10 Å². The number of hydrogen-bond acceptors (Lipinski definition) is 3. The van der Waals surface area contributed by atoms with Gasteiger partial charge in [-0.3, -0.25) is 4.98 Å². The molecule has 0 aliphatic carbocycles. The standard InChI is InChI=1S/C12H15N3O/c1-8-9(2)15(7-14-8)11-4-5-12(10(3)16)13-6-11/h4-7,10,16H,1-3H3/t10-/m0/s1. The fourth-order valence-corrected chi connectivity index (χ4v) is 1.55. The van der Waals surface area contributed by atoms with E-state index in [4.69, 9.17) is 0 Å². The molecule has 0 fully saturated rings. The van der Waals surface area contributed by atoms with Crippen LogP contribution in [0, 0.1) is 13.8 Å². The van der Waals surface area contributed by atoms with Crippen LogP contribution in [0.15, 0.2) is 24.7 Å². The van der Waals surface area contributed by atoms with Crippen molar-refractivity contribution in [3.8, 4) is 5.69 Å². The molecule has 84 valence electrons. The van der Waals surface area contributed by atoms with Crippen LogP contribution in [0.3, 0.4) is 0 Å². The molecule has 4 heteroatoms. The third-order valence-electron chi connectivity index (χ3n) is 2.73. The monoisotopic (exact) mass is 217 g/mol. The van der Waals surface area contributed by atoms with Gasteiger partial charge in [0.25, 0.3) is 0 Å². The Hall–Kier alpha value is -1.68. The lowest BCUT2D eigenvalue weighted by molar-refractivity contribution is 0.194. The maximum atomic E-state index is 9.36. The lowest BCUT2D eigenvalue weighted by Crippen LogP contribution is -1.99. The number of imidazole rings is 1. The van der Waals surface area contributed by atoms with Gasteiger partial charge in [0.05, 0.1) is 35.7 Å². The number of pyridine rings is 1. The summed E-state index contributed by atoms with van der Waals surface area (Å²) in [6, 6.07) is 3.76. The molecule has 2 heterocycles. The first kappa shape index (κ1) is 10.8. The highest BCUT2D eigenvalue weighted by Crippen LogP contribution is 2.15. The average Bonchev–Trinajstić information content (AvgIpc) is 2.60. The fraction of sp³-hybridized carbons (Fsp3) is 0.333. The Balaban J connectivity index is 2.38. The average molecular weight is 217 g/mol. The maximum Gasteiger partial charge on any atom is 0.0997 e. The first-order chi connectivity index (χ1) is 7.59. The molecule has 2 rings (SSSR count). The molecule has 0 saturated carbocycles. The summed E-state index contributed by atoms with van der Waals surface area (Å²) in [7, 11) is 0. The summed E-state index contributed by atoms with van der Waals surface area (Å²) < 4.78 is 1.98. The minimum Gasteiger partial charge on any atom is -0.387 e. The van der Waals surface area contributed by atoms with Gasteiger partial charge in [0.1, 0.15) is 0 Å². The Bertz CT molecular complexity index is 485. The number of rotatable bonds is 2. The van der Waals surface area contributed by atoms with Gasteiger partial charge >= 0.3 is 0 Å². The van der Waals surface area contributed by atoms with Crippen LogP contribution >= 0.6 is 0 Å². The van der Waals surface area contributed by atoms with Gasteiger partial charge in [-0.25, -0.2) is 4.98 Å². The highest BCUT2D eigenvalue weighted by atomic mass is 16.3. The van der Waals surface area contributed by atoms with Gasteiger partial charge in [-0.1, -0.05) is 0 Å². The molecule has 0 amide bonds. The predicted molar refractivity (Wildman–Crippen MR) is 61.5 cm³/mol. The first-order valence-corrected chi connectivity index (χ1v) is 5.24. The maximum absolute atomic E-state index is 9.36. The first-order valence-electron chi connectivity index (χ1n) is 5.24. The van der Waals surface area contributed by atoms with E-state index in [0.29, 0.717) is 5.69 Å². The lowest BCUT2D eigenvalue weighted by atomic mass is 10.2. The molecule has 16 heavy (non-hydrogen) atoms. The van der Waals surface area contributed by atoms with Crippen LogP contribution in [0.5, 0.6) is 0 Å². The smallest absolute Gasteiger partial charge is 0.0997 e. The van der Waals surface area contributed by atoms with Gasteiger partial charge in [-0.05, 0) is 32.9 Å². The van der Waals surface area contributed by atoms with Crippen molar-refractivity contribution >= 4 is 0 Å². The number of aryl methyl sites for hydroxylation is 1. The summed E-state index contributed by atoms with van der Waals surface area (Å²) in [6.45, 7) is 5.70. The van der Waals surface area contributed by atoms with Gasteiger partial charge in [0.2, 0.25) is 0 Å². The zero-order valence-electron chi connectivity index (χ0n) is 9.68. The Morgan fingerprint density at radius 1 is 1.25 bits per heavy atom. The number of hydrogen-bond donors (Lipinski definition) is 1. The summed E-state index contributed by atoms with van der Waals surface area (Å²) in [5.74, 6) is 0. The second-order valence-electron chi connectivity index (χ2n) is 3.90. The van der Waals surface area contributed by atoms with Crippen molar-refractivity contribution in [1.29, 1.82) is 0 Å². The molecule has 0 aromatic carbocycles. The van der Waals surface area contributed by atoms with Crippen LogP contribution in [0.4, 0.5) is 0 Å². The summed E-state index contributed by atoms with van der Waals surface area (Å²) in [6.07, 6.45) is 3.00. The van der Waals surface area contributed by atoms with Gasteiger partial charge in [-0.2, -0.15) is 0 Å². The van der Waals surface area contributed by atoms with Crippen LogP contribution in [0.25, 0.3) is 5.69 Å². The van der Waals surface area contributed by atoms with E-state index in [2.05, 4.69) is 9.97 Å². The van der Waals surface area contributed by atoms with Gasteiger partial charge in [0.15, 0.2) is 0 Å². The third kappa shape index (κ3) is 1.84. The van der Waals surface area contributed by atoms with Gasteiger partial charge in [0, 0.05) is 5.69 Å². The Morgan fingerprint density at radius 3 is 2.44 bits per heavy atom. The molecule has 1 N–H and O–H groups in total. The van der Waals surface area contributed by atoms with E-state index in [9.17, 15) is 5.11 Å². The third-order valence-corrected chi connectivity index (χ3v) is 2.73. The van der Waals surface area contributed by atoms with Crippen LogP contribution in [0.2, 0.25) is 0 Å². The molecular formula is C12H15N3O. The van der Waals surface area contributed by atoms with Crippen molar-refractivity contribution in [3.05, 3.63) is 41.7 Å². The van der Waals surface area contributed by atoms with Crippen LogP contribution in [0.1, 0.15) is 30.1 Å². The fourth-order valence-electron chi connectivity index (χ4n) is 1.55. The summed E-state index contributed by atoms with van der Waals surface area (Å²) in [4.78, 5) is 8.44. The zero-order chi connectivity index (χ0) is 11.7. The molecule has 0 spiro atoms. The second-order valence-corrected chi connectivity index (χ2v) is 3.90. The lowest BCUT2D eigenvalue weighted by Gasteiger charge is -2.07. The van der Waals surface area contributed by atoms with Crippen molar-refractivity contribution in [2.24, 2.45) is 0 Å². The largest absolute Gasteiger partial charge is 0.387 e. The minimum atomic E-state index is -0.528. The van der Waals surface area contributed by atoms with E-state index in [0.717, 1.165) is 17.1 Å². The Morgan fingerprint density at radius 2 is 2.00 bits per heavy atom. The van der Waals surface area contributed by atoms with Crippen LogP contribution in [-0.2, 0) is 0 Å². The molecule has 0 aliphatic heterocycles. The number of aliphatic hydroxyl groups excluding tert-OH is 1. The minimum absolute atomic E-state index is 0.528. The molecule has 4 nitrogen and oxygen atoms in total. The molecule has 0 unspecified atom stereocenters. The van der Waals surface area contributed by atoms with Crippen molar-refractivity contribution in [2.75, 3.05) is 0 Å². The normalized spacial score (nSPS) is 12.8. The Kier molecular flexibility index (Phi) is 2.75. The number of nitrogens with zero attached hydrogens (tertiary/aromatic N) is 3. The molecular weight excluding hydrogens is 202 g/mol. The van der Waals surface area contributed by atoms with Gasteiger partial charge in [-0.15, -0.1) is 0 Å². The zero-order valence-corrected chi connectivity index (χ0v) is 9.68. The summed E-state index contributed by atoms with van der Waals surface area (Å²) >= 11 is 0. The Labute approximate surface area is 94.6 Å². The highest BCUT2D eigenvalue weighted by Gasteiger charge is 2.06. The molecule has 0 saturated heterocycles. The topological polar surface area (TPSA) is 50.9 Å². The number of aliphatic hydroxyl groups is 1.